The first-order chi connectivity index (χ1) is 13.1. The highest BCUT2D eigenvalue weighted by atomic mass is 32.1. The number of benzene rings is 1. The molecule has 1 unspecified atom stereocenters. The summed E-state index contributed by atoms with van der Waals surface area (Å²) in [5, 5.41) is 10.1. The molecule has 0 aliphatic rings. The van der Waals surface area contributed by atoms with Crippen molar-refractivity contribution in [3.05, 3.63) is 59.1 Å². The summed E-state index contributed by atoms with van der Waals surface area (Å²) in [6.07, 6.45) is 3.72. The Labute approximate surface area is 162 Å². The van der Waals surface area contributed by atoms with Gasteiger partial charge < -0.3 is 10.1 Å². The monoisotopic (exact) mass is 383 g/mol. The van der Waals surface area contributed by atoms with Crippen molar-refractivity contribution in [1.29, 1.82) is 0 Å². The van der Waals surface area contributed by atoms with Gasteiger partial charge in [-0.2, -0.15) is 5.10 Å². The summed E-state index contributed by atoms with van der Waals surface area (Å²) < 4.78 is 7.49. The fourth-order valence-corrected chi connectivity index (χ4v) is 2.97. The van der Waals surface area contributed by atoms with Crippen molar-refractivity contribution in [2.45, 2.75) is 25.9 Å². The van der Waals surface area contributed by atoms with Gasteiger partial charge in [0.2, 0.25) is 5.91 Å². The zero-order valence-electron chi connectivity index (χ0n) is 15.2. The number of carbonyl (C=O) groups is 1. The fraction of sp³-hybridized carbons (Fsp3) is 0.263. The van der Waals surface area contributed by atoms with Gasteiger partial charge in [0, 0.05) is 30.9 Å². The Morgan fingerprint density at radius 3 is 2.63 bits per heavy atom. The lowest BCUT2D eigenvalue weighted by Gasteiger charge is -2.14. The Morgan fingerprint density at radius 2 is 1.96 bits per heavy atom. The molecule has 0 spiro atoms. The van der Waals surface area contributed by atoms with Crippen LogP contribution in [0.25, 0.3) is 11.4 Å². The smallest absolute Gasteiger partial charge is 0.222 e. The molecule has 0 aliphatic carbocycles. The third-order valence-electron chi connectivity index (χ3n) is 4.25. The van der Waals surface area contributed by atoms with E-state index in [0.717, 1.165) is 16.9 Å². The number of amides is 1. The molecule has 0 aliphatic heterocycles. The van der Waals surface area contributed by atoms with Crippen molar-refractivity contribution >= 4 is 18.1 Å². The van der Waals surface area contributed by atoms with E-state index in [0.29, 0.717) is 23.6 Å². The molecule has 1 amide bonds. The number of nitrogens with one attached hydrogen (secondary N) is 2. The molecule has 7 nitrogen and oxygen atoms in total. The number of methoxy groups -OCH3 is 1. The molecule has 0 fully saturated rings. The van der Waals surface area contributed by atoms with Crippen molar-refractivity contribution in [3.8, 4) is 17.1 Å². The lowest BCUT2D eigenvalue weighted by molar-refractivity contribution is -0.121. The molecule has 0 bridgehead atoms. The second-order valence-corrected chi connectivity index (χ2v) is 6.44. The van der Waals surface area contributed by atoms with Crippen molar-refractivity contribution in [2.24, 2.45) is 0 Å². The van der Waals surface area contributed by atoms with E-state index in [4.69, 9.17) is 17.0 Å². The van der Waals surface area contributed by atoms with Crippen LogP contribution in [0.1, 0.15) is 24.9 Å². The summed E-state index contributed by atoms with van der Waals surface area (Å²) in [4.78, 5) is 16.3. The molecule has 8 heteroatoms. The number of aromatic amines is 1. The number of rotatable bonds is 7. The van der Waals surface area contributed by atoms with Crippen LogP contribution in [-0.2, 0) is 11.3 Å². The van der Waals surface area contributed by atoms with Crippen LogP contribution in [0.15, 0.2) is 48.8 Å². The Bertz CT molecular complexity index is 950. The Hall–Kier alpha value is -3.00. The van der Waals surface area contributed by atoms with Gasteiger partial charge in [-0.05, 0) is 61.1 Å². The lowest BCUT2D eigenvalue weighted by atomic mass is 10.1. The molecule has 0 saturated heterocycles. The Balaban J connectivity index is 1.66. The van der Waals surface area contributed by atoms with Crippen LogP contribution >= 0.6 is 12.2 Å². The second-order valence-electron chi connectivity index (χ2n) is 6.05. The maximum absolute atomic E-state index is 12.3. The minimum absolute atomic E-state index is 0.0527. The van der Waals surface area contributed by atoms with Crippen LogP contribution in [0.3, 0.4) is 0 Å². The second kappa shape index (κ2) is 8.59. The van der Waals surface area contributed by atoms with Crippen LogP contribution in [0.2, 0.25) is 0 Å². The summed E-state index contributed by atoms with van der Waals surface area (Å²) in [7, 11) is 1.62. The van der Waals surface area contributed by atoms with Crippen molar-refractivity contribution in [3.63, 3.8) is 0 Å². The molecule has 0 saturated carbocycles. The SMILES string of the molecule is COc1ccc(-c2n[nH]c(=S)n2CCC(=O)NC(C)c2ccncc2)cc1. The predicted octanol–water partition coefficient (Wildman–Crippen LogP) is 3.28. The molecular formula is C19H21N5O2S. The topological polar surface area (TPSA) is 84.8 Å². The molecule has 140 valence electrons. The summed E-state index contributed by atoms with van der Waals surface area (Å²) in [6.45, 7) is 2.38. The van der Waals surface area contributed by atoms with E-state index in [2.05, 4.69) is 20.5 Å². The summed E-state index contributed by atoms with van der Waals surface area (Å²) in [5.41, 5.74) is 1.91. The van der Waals surface area contributed by atoms with Gasteiger partial charge in [0.15, 0.2) is 10.6 Å². The highest BCUT2D eigenvalue weighted by molar-refractivity contribution is 7.71. The van der Waals surface area contributed by atoms with Crippen LogP contribution in [0.5, 0.6) is 5.75 Å². The number of nitrogens with zero attached hydrogens (tertiary/aromatic N) is 3. The largest absolute Gasteiger partial charge is 0.497 e. The van der Waals surface area contributed by atoms with Crippen LogP contribution in [-0.4, -0.2) is 32.8 Å². The van der Waals surface area contributed by atoms with Gasteiger partial charge in [0.1, 0.15) is 5.75 Å². The number of pyridine rings is 1. The Morgan fingerprint density at radius 1 is 1.26 bits per heavy atom. The van der Waals surface area contributed by atoms with Crippen molar-refractivity contribution < 1.29 is 9.53 Å². The van der Waals surface area contributed by atoms with E-state index < -0.39 is 0 Å². The van der Waals surface area contributed by atoms with Crippen LogP contribution < -0.4 is 10.1 Å². The van der Waals surface area contributed by atoms with Gasteiger partial charge in [0.25, 0.3) is 0 Å². The van der Waals surface area contributed by atoms with E-state index in [1.54, 1.807) is 19.5 Å². The minimum atomic E-state index is -0.0844. The average molecular weight is 383 g/mol. The molecule has 3 rings (SSSR count). The number of carbonyl (C=O) groups excluding carboxylic acids is 1. The highest BCUT2D eigenvalue weighted by Crippen LogP contribution is 2.21. The first kappa shape index (κ1) is 18.8. The summed E-state index contributed by atoms with van der Waals surface area (Å²) in [6, 6.07) is 11.2. The van der Waals surface area contributed by atoms with Gasteiger partial charge in [-0.15, -0.1) is 0 Å². The van der Waals surface area contributed by atoms with E-state index in [1.807, 2.05) is 47.9 Å². The zero-order valence-corrected chi connectivity index (χ0v) is 16.0. The average Bonchev–Trinajstić information content (AvgIpc) is 3.07. The number of hydrogen-bond acceptors (Lipinski definition) is 5. The molecule has 2 heterocycles. The van der Waals surface area contributed by atoms with Gasteiger partial charge in [0.05, 0.1) is 13.2 Å². The third kappa shape index (κ3) is 4.59. The summed E-state index contributed by atoms with van der Waals surface area (Å²) in [5.74, 6) is 1.41. The number of H-pyrrole nitrogens is 1. The molecule has 1 atom stereocenters. The first-order valence-electron chi connectivity index (χ1n) is 8.57. The molecule has 2 N–H and O–H groups in total. The molecule has 27 heavy (non-hydrogen) atoms. The van der Waals surface area contributed by atoms with E-state index >= 15 is 0 Å². The third-order valence-corrected chi connectivity index (χ3v) is 4.56. The molecule has 2 aromatic heterocycles. The van der Waals surface area contributed by atoms with Crippen molar-refractivity contribution in [1.82, 2.24) is 25.1 Å². The quantitative estimate of drug-likeness (QED) is 0.612. The number of hydrogen-bond donors (Lipinski definition) is 2. The normalized spacial score (nSPS) is 11.8. The number of aromatic nitrogens is 4. The maximum atomic E-state index is 12.3. The lowest BCUT2D eigenvalue weighted by Crippen LogP contribution is -2.27. The molecular weight excluding hydrogens is 362 g/mol. The predicted molar refractivity (Wildman–Crippen MR) is 105 cm³/mol. The van der Waals surface area contributed by atoms with Gasteiger partial charge in [-0.25, -0.2) is 0 Å². The van der Waals surface area contributed by atoms with Gasteiger partial charge >= 0.3 is 0 Å². The van der Waals surface area contributed by atoms with E-state index in [9.17, 15) is 4.79 Å². The zero-order chi connectivity index (χ0) is 19.2. The number of ether oxygens (including phenoxy) is 1. The van der Waals surface area contributed by atoms with Crippen LogP contribution in [0.4, 0.5) is 0 Å². The van der Waals surface area contributed by atoms with Gasteiger partial charge in [-0.3, -0.25) is 19.4 Å². The molecule has 1 aromatic carbocycles. The highest BCUT2D eigenvalue weighted by Gasteiger charge is 2.13. The summed E-state index contributed by atoms with van der Waals surface area (Å²) >= 11 is 5.32. The van der Waals surface area contributed by atoms with E-state index in [-0.39, 0.29) is 11.9 Å². The van der Waals surface area contributed by atoms with E-state index in [1.165, 1.54) is 0 Å². The first-order valence-corrected chi connectivity index (χ1v) is 8.98. The molecule has 0 radical (unpaired) electrons. The fourth-order valence-electron chi connectivity index (χ4n) is 2.75. The van der Waals surface area contributed by atoms with Gasteiger partial charge in [-0.1, -0.05) is 0 Å². The molecule has 3 aromatic rings. The van der Waals surface area contributed by atoms with Crippen molar-refractivity contribution in [2.75, 3.05) is 7.11 Å². The Kier molecular flexibility index (Phi) is 5.97. The minimum Gasteiger partial charge on any atom is -0.497 e. The van der Waals surface area contributed by atoms with Crippen LogP contribution in [0, 0.1) is 4.77 Å². The standard InChI is InChI=1S/C19H21N5O2S/c1-13(14-7-10-20-11-8-14)21-17(25)9-12-24-18(22-23-19(24)27)15-3-5-16(26-2)6-4-15/h3-8,10-11,13H,9,12H2,1-2H3,(H,21,25)(H,23,27). The maximum Gasteiger partial charge on any atom is 0.222 e.